The third kappa shape index (κ3) is 2.74. The summed E-state index contributed by atoms with van der Waals surface area (Å²) in [7, 11) is 1.63. The highest BCUT2D eigenvalue weighted by molar-refractivity contribution is 5.93. The van der Waals surface area contributed by atoms with Crippen LogP contribution in [0.15, 0.2) is 42.6 Å². The van der Waals surface area contributed by atoms with E-state index in [9.17, 15) is 9.59 Å². The van der Waals surface area contributed by atoms with Crippen molar-refractivity contribution in [3.8, 4) is 5.75 Å². The van der Waals surface area contributed by atoms with Gasteiger partial charge in [0.25, 0.3) is 0 Å². The number of nitrogens with zero attached hydrogens (tertiary/aromatic N) is 3. The summed E-state index contributed by atoms with van der Waals surface area (Å²) in [4.78, 5) is 30.7. The monoisotopic (exact) mass is 420 g/mol. The zero-order chi connectivity index (χ0) is 21.2. The lowest BCUT2D eigenvalue weighted by molar-refractivity contribution is -0.144. The topological polar surface area (TPSA) is 87.8 Å². The molecule has 1 N–H and O–H groups in total. The van der Waals surface area contributed by atoms with Crippen molar-refractivity contribution in [2.45, 2.75) is 31.2 Å². The van der Waals surface area contributed by atoms with E-state index in [-0.39, 0.29) is 17.9 Å². The molecular formula is C23H24N4O4. The molecule has 2 aromatic rings. The van der Waals surface area contributed by atoms with Gasteiger partial charge in [0, 0.05) is 37.3 Å². The average Bonchev–Trinajstić information content (AvgIpc) is 3.54. The van der Waals surface area contributed by atoms with E-state index in [4.69, 9.17) is 9.47 Å². The Morgan fingerprint density at radius 2 is 2.32 bits per heavy atom. The fraction of sp³-hybridized carbons (Fsp3) is 0.435. The number of carbonyl (C=O) groups is 2. The summed E-state index contributed by atoms with van der Waals surface area (Å²) in [5.41, 5.74) is 2.43. The number of aromatic amines is 1. The number of carbonyl (C=O) groups excluding carboxylic acids is 2. The maximum atomic E-state index is 13.5. The third-order valence-corrected chi connectivity index (χ3v) is 7.08. The van der Waals surface area contributed by atoms with Gasteiger partial charge in [-0.15, -0.1) is 0 Å². The SMILES string of the molecule is COc1cccc(CN2C[C@]34C=C[C@H](O3)[C@H](C(=O)N3CCc5[nH]ncc5C3)[C@H]4C2=O)c1. The minimum atomic E-state index is -0.697. The van der Waals surface area contributed by atoms with E-state index in [2.05, 4.69) is 10.2 Å². The average molecular weight is 420 g/mol. The van der Waals surface area contributed by atoms with Crippen LogP contribution in [0.5, 0.6) is 5.75 Å². The number of rotatable bonds is 4. The van der Waals surface area contributed by atoms with Crippen molar-refractivity contribution in [1.82, 2.24) is 20.0 Å². The number of fused-ring (bicyclic) bond motifs is 2. The van der Waals surface area contributed by atoms with Gasteiger partial charge < -0.3 is 19.3 Å². The highest BCUT2D eigenvalue weighted by Crippen LogP contribution is 2.52. The molecule has 2 saturated heterocycles. The maximum absolute atomic E-state index is 13.5. The predicted octanol–water partition coefficient (Wildman–Crippen LogP) is 1.29. The van der Waals surface area contributed by atoms with E-state index < -0.39 is 17.4 Å². The van der Waals surface area contributed by atoms with Crippen LogP contribution in [-0.4, -0.2) is 63.7 Å². The van der Waals surface area contributed by atoms with Gasteiger partial charge in [-0.25, -0.2) is 0 Å². The van der Waals surface area contributed by atoms with Crippen molar-refractivity contribution < 1.29 is 19.1 Å². The van der Waals surface area contributed by atoms with E-state index in [1.807, 2.05) is 46.2 Å². The number of nitrogens with one attached hydrogen (secondary N) is 1. The number of hydrogen-bond donors (Lipinski definition) is 1. The molecule has 6 rings (SSSR count). The number of ether oxygens (including phenoxy) is 2. The second kappa shape index (κ2) is 6.68. The van der Waals surface area contributed by atoms with Crippen molar-refractivity contribution >= 4 is 11.8 Å². The van der Waals surface area contributed by atoms with Gasteiger partial charge in [-0.05, 0) is 17.7 Å². The summed E-state index contributed by atoms with van der Waals surface area (Å²) < 4.78 is 11.6. The fourth-order valence-electron chi connectivity index (χ4n) is 5.61. The summed E-state index contributed by atoms with van der Waals surface area (Å²) in [5, 5.41) is 7.09. The van der Waals surface area contributed by atoms with Crippen molar-refractivity contribution in [3.63, 3.8) is 0 Å². The minimum Gasteiger partial charge on any atom is -0.497 e. The molecule has 2 bridgehead atoms. The van der Waals surface area contributed by atoms with E-state index in [0.29, 0.717) is 26.2 Å². The quantitative estimate of drug-likeness (QED) is 0.753. The molecule has 2 amide bonds. The molecule has 4 aliphatic heterocycles. The molecule has 8 nitrogen and oxygen atoms in total. The van der Waals surface area contributed by atoms with Gasteiger partial charge in [0.05, 0.1) is 37.8 Å². The zero-order valence-electron chi connectivity index (χ0n) is 17.3. The normalized spacial score (nSPS) is 30.6. The predicted molar refractivity (Wildman–Crippen MR) is 110 cm³/mol. The van der Waals surface area contributed by atoms with Crippen molar-refractivity contribution in [2.24, 2.45) is 11.8 Å². The lowest BCUT2D eigenvalue weighted by atomic mass is 9.76. The third-order valence-electron chi connectivity index (χ3n) is 7.08. The van der Waals surface area contributed by atoms with Crippen LogP contribution in [0.25, 0.3) is 0 Å². The first kappa shape index (κ1) is 18.6. The van der Waals surface area contributed by atoms with Gasteiger partial charge in [0.15, 0.2) is 0 Å². The number of likely N-dealkylation sites (tertiary alicyclic amines) is 1. The highest BCUT2D eigenvalue weighted by atomic mass is 16.5. The van der Waals surface area contributed by atoms with Crippen LogP contribution in [0.1, 0.15) is 16.8 Å². The van der Waals surface area contributed by atoms with Crippen LogP contribution in [0.4, 0.5) is 0 Å². The van der Waals surface area contributed by atoms with Gasteiger partial charge in [0.2, 0.25) is 11.8 Å². The fourth-order valence-corrected chi connectivity index (χ4v) is 5.61. The lowest BCUT2D eigenvalue weighted by Gasteiger charge is -2.32. The summed E-state index contributed by atoms with van der Waals surface area (Å²) in [6.45, 7) is 2.09. The molecule has 31 heavy (non-hydrogen) atoms. The van der Waals surface area contributed by atoms with E-state index in [1.54, 1.807) is 13.3 Å². The highest BCUT2D eigenvalue weighted by Gasteiger charge is 2.67. The lowest BCUT2D eigenvalue weighted by Crippen LogP contribution is -2.47. The first-order chi connectivity index (χ1) is 15.1. The van der Waals surface area contributed by atoms with Crippen molar-refractivity contribution in [3.05, 3.63) is 59.4 Å². The molecule has 0 radical (unpaired) electrons. The Kier molecular flexibility index (Phi) is 4.02. The largest absolute Gasteiger partial charge is 0.497 e. The van der Waals surface area contributed by atoms with Crippen LogP contribution in [0, 0.1) is 11.8 Å². The number of H-pyrrole nitrogens is 1. The Labute approximate surface area is 179 Å². The molecule has 160 valence electrons. The van der Waals surface area contributed by atoms with Crippen LogP contribution < -0.4 is 4.74 Å². The molecule has 0 aliphatic carbocycles. The number of aromatic nitrogens is 2. The number of benzene rings is 1. The summed E-state index contributed by atoms with van der Waals surface area (Å²) in [6.07, 6.45) is 6.17. The molecular weight excluding hydrogens is 396 g/mol. The molecule has 1 aromatic heterocycles. The first-order valence-corrected chi connectivity index (χ1v) is 10.7. The zero-order valence-corrected chi connectivity index (χ0v) is 17.3. The van der Waals surface area contributed by atoms with Gasteiger partial charge in [0.1, 0.15) is 11.4 Å². The first-order valence-electron chi connectivity index (χ1n) is 10.7. The molecule has 2 fully saturated rings. The van der Waals surface area contributed by atoms with Gasteiger partial charge in [-0.1, -0.05) is 24.3 Å². The molecule has 5 heterocycles. The Hall–Kier alpha value is -3.13. The second-order valence-corrected chi connectivity index (χ2v) is 8.83. The minimum absolute atomic E-state index is 0.00431. The van der Waals surface area contributed by atoms with Crippen LogP contribution >= 0.6 is 0 Å². The van der Waals surface area contributed by atoms with Crippen molar-refractivity contribution in [1.29, 1.82) is 0 Å². The molecule has 8 heteroatoms. The van der Waals surface area contributed by atoms with E-state index in [0.717, 1.165) is 29.0 Å². The summed E-state index contributed by atoms with van der Waals surface area (Å²) >= 11 is 0. The van der Waals surface area contributed by atoms with E-state index in [1.165, 1.54) is 0 Å². The maximum Gasteiger partial charge on any atom is 0.230 e. The Morgan fingerprint density at radius 1 is 1.42 bits per heavy atom. The molecule has 0 unspecified atom stereocenters. The molecule has 1 aromatic carbocycles. The van der Waals surface area contributed by atoms with Gasteiger partial charge in [-0.3, -0.25) is 14.7 Å². The Balaban J connectivity index is 1.24. The standard InChI is InChI=1S/C23H24N4O4/c1-30-16-4-2-3-14(9-16)11-27-13-23-7-5-18(31-23)19(20(23)22(27)29)21(28)26-8-6-17-15(12-26)10-24-25-17/h2-5,7,9-10,18-20H,6,8,11-13H2,1H3,(H,24,25)/t18-,19-,20-,23-/m0/s1. The molecule has 4 atom stereocenters. The summed E-state index contributed by atoms with van der Waals surface area (Å²) in [6, 6.07) is 7.72. The number of hydrogen-bond acceptors (Lipinski definition) is 5. The molecule has 0 saturated carbocycles. The second-order valence-electron chi connectivity index (χ2n) is 8.83. The summed E-state index contributed by atoms with van der Waals surface area (Å²) in [5.74, 6) is -0.178. The molecule has 1 spiro atoms. The van der Waals surface area contributed by atoms with Crippen LogP contribution in [-0.2, 0) is 33.8 Å². The number of amides is 2. The Morgan fingerprint density at radius 3 is 3.19 bits per heavy atom. The van der Waals surface area contributed by atoms with Crippen molar-refractivity contribution in [2.75, 3.05) is 20.2 Å². The molecule has 4 aliphatic rings. The smallest absolute Gasteiger partial charge is 0.230 e. The Bertz CT molecular complexity index is 1090. The number of methoxy groups -OCH3 is 1. The van der Waals surface area contributed by atoms with Gasteiger partial charge in [-0.2, -0.15) is 5.10 Å². The van der Waals surface area contributed by atoms with E-state index >= 15 is 0 Å². The van der Waals surface area contributed by atoms with Crippen LogP contribution in [0.3, 0.4) is 0 Å². The van der Waals surface area contributed by atoms with Gasteiger partial charge >= 0.3 is 0 Å². The van der Waals surface area contributed by atoms with Crippen LogP contribution in [0.2, 0.25) is 0 Å².